The lowest BCUT2D eigenvalue weighted by Crippen LogP contribution is -2.57. The van der Waals surface area contributed by atoms with Gasteiger partial charge in [-0.1, -0.05) is 12.1 Å². The Labute approximate surface area is 222 Å². The highest BCUT2D eigenvalue weighted by molar-refractivity contribution is 7.98. The summed E-state index contributed by atoms with van der Waals surface area (Å²) in [4.78, 5) is 72.5. The Kier molecular flexibility index (Phi) is 13.6. The molecule has 38 heavy (non-hydrogen) atoms. The van der Waals surface area contributed by atoms with Gasteiger partial charge in [0.15, 0.2) is 0 Å². The maximum atomic E-state index is 12.9. The van der Waals surface area contributed by atoms with Crippen molar-refractivity contribution < 1.29 is 44.1 Å². The zero-order valence-corrected chi connectivity index (χ0v) is 21.5. The molecular formula is C23H33N5O9S. The number of carbonyl (C=O) groups excluding carboxylic acids is 4. The van der Waals surface area contributed by atoms with Gasteiger partial charge in [-0.25, -0.2) is 4.79 Å². The van der Waals surface area contributed by atoms with E-state index in [1.165, 1.54) is 36.0 Å². The van der Waals surface area contributed by atoms with Gasteiger partial charge in [0.2, 0.25) is 23.6 Å². The summed E-state index contributed by atoms with van der Waals surface area (Å²) >= 11 is 1.44. The van der Waals surface area contributed by atoms with Crippen molar-refractivity contribution in [3.05, 3.63) is 29.8 Å². The Morgan fingerprint density at radius 1 is 0.868 bits per heavy atom. The first-order valence-electron chi connectivity index (χ1n) is 11.5. The summed E-state index contributed by atoms with van der Waals surface area (Å²) in [5.74, 6) is -5.87. The zero-order valence-electron chi connectivity index (χ0n) is 20.7. The van der Waals surface area contributed by atoms with E-state index < -0.39 is 66.2 Å². The van der Waals surface area contributed by atoms with Crippen LogP contribution >= 0.6 is 11.8 Å². The minimum Gasteiger partial charge on any atom is -0.508 e. The largest absolute Gasteiger partial charge is 0.508 e. The van der Waals surface area contributed by atoms with Gasteiger partial charge >= 0.3 is 11.9 Å². The smallest absolute Gasteiger partial charge is 0.326 e. The quantitative estimate of drug-likeness (QED) is 0.107. The molecule has 0 saturated heterocycles. The number of carbonyl (C=O) groups is 6. The molecule has 10 N–H and O–H groups in total. The fraction of sp³-hybridized carbons (Fsp3) is 0.478. The Morgan fingerprint density at radius 3 is 1.95 bits per heavy atom. The second kappa shape index (κ2) is 16.1. The average Bonchev–Trinajstić information content (AvgIpc) is 2.84. The van der Waals surface area contributed by atoms with E-state index in [0.717, 1.165) is 0 Å². The molecule has 4 atom stereocenters. The van der Waals surface area contributed by atoms with Crippen LogP contribution in [0.5, 0.6) is 5.75 Å². The second-order valence-corrected chi connectivity index (χ2v) is 9.37. The lowest BCUT2D eigenvalue weighted by molar-refractivity contribution is -0.143. The molecule has 0 aromatic heterocycles. The normalized spacial score (nSPS) is 13.8. The van der Waals surface area contributed by atoms with E-state index in [1.807, 2.05) is 6.26 Å². The predicted molar refractivity (Wildman–Crippen MR) is 137 cm³/mol. The van der Waals surface area contributed by atoms with Crippen LogP contribution in [0, 0.1) is 0 Å². The monoisotopic (exact) mass is 555 g/mol. The third-order valence-corrected chi connectivity index (χ3v) is 5.93. The number of rotatable bonds is 17. The molecule has 0 heterocycles. The number of nitrogens with one attached hydrogen (secondary N) is 3. The van der Waals surface area contributed by atoms with Crippen molar-refractivity contribution in [3.8, 4) is 5.75 Å². The SMILES string of the molecule is CSCCC(N)C(=O)NC(CC(=O)O)C(=O)NC(CCC(N)=O)C(=O)NC(Cc1ccc(O)cc1)C(=O)O. The molecule has 15 heteroatoms. The number of aliphatic carboxylic acids is 2. The Hall–Kier alpha value is -3.85. The fourth-order valence-electron chi connectivity index (χ4n) is 3.21. The lowest BCUT2D eigenvalue weighted by atomic mass is 10.0. The van der Waals surface area contributed by atoms with Gasteiger partial charge in [0.25, 0.3) is 0 Å². The van der Waals surface area contributed by atoms with Gasteiger partial charge in [0.05, 0.1) is 12.5 Å². The van der Waals surface area contributed by atoms with Crippen molar-refractivity contribution in [1.82, 2.24) is 16.0 Å². The van der Waals surface area contributed by atoms with Crippen LogP contribution in [-0.4, -0.2) is 87.1 Å². The summed E-state index contributed by atoms with van der Waals surface area (Å²) in [5.41, 5.74) is 11.4. The Morgan fingerprint density at radius 2 is 1.42 bits per heavy atom. The van der Waals surface area contributed by atoms with Crippen LogP contribution < -0.4 is 27.4 Å². The van der Waals surface area contributed by atoms with Crippen molar-refractivity contribution in [2.45, 2.75) is 56.3 Å². The minimum absolute atomic E-state index is 0.0351. The van der Waals surface area contributed by atoms with Gasteiger partial charge in [-0.3, -0.25) is 24.0 Å². The van der Waals surface area contributed by atoms with E-state index in [4.69, 9.17) is 11.5 Å². The van der Waals surface area contributed by atoms with Crippen molar-refractivity contribution in [3.63, 3.8) is 0 Å². The van der Waals surface area contributed by atoms with Crippen LogP contribution in [0.4, 0.5) is 0 Å². The van der Waals surface area contributed by atoms with Crippen molar-refractivity contribution in [1.29, 1.82) is 0 Å². The molecule has 210 valence electrons. The maximum Gasteiger partial charge on any atom is 0.326 e. The van der Waals surface area contributed by atoms with Gasteiger partial charge in [-0.15, -0.1) is 0 Å². The summed E-state index contributed by atoms with van der Waals surface area (Å²) < 4.78 is 0. The summed E-state index contributed by atoms with van der Waals surface area (Å²) in [6, 6.07) is 0.0953. The highest BCUT2D eigenvalue weighted by Gasteiger charge is 2.31. The first-order chi connectivity index (χ1) is 17.8. The summed E-state index contributed by atoms with van der Waals surface area (Å²) in [7, 11) is 0. The third kappa shape index (κ3) is 11.9. The van der Waals surface area contributed by atoms with Gasteiger partial charge in [0.1, 0.15) is 23.9 Å². The number of hydrogen-bond donors (Lipinski definition) is 8. The van der Waals surface area contributed by atoms with Crippen molar-refractivity contribution in [2.75, 3.05) is 12.0 Å². The van der Waals surface area contributed by atoms with Crippen LogP contribution in [0.1, 0.15) is 31.2 Å². The van der Waals surface area contributed by atoms with E-state index in [2.05, 4.69) is 16.0 Å². The Balaban J connectivity index is 3.04. The van der Waals surface area contributed by atoms with Gasteiger partial charge in [0, 0.05) is 12.8 Å². The number of hydrogen-bond acceptors (Lipinski definition) is 9. The van der Waals surface area contributed by atoms with Gasteiger partial charge < -0.3 is 42.7 Å². The molecule has 0 fully saturated rings. The molecule has 1 aromatic rings. The number of phenolic OH excluding ortho intramolecular Hbond substituents is 1. The average molecular weight is 556 g/mol. The molecule has 0 spiro atoms. The van der Waals surface area contributed by atoms with E-state index >= 15 is 0 Å². The van der Waals surface area contributed by atoms with Gasteiger partial charge in [-0.05, 0) is 42.5 Å². The molecule has 0 aliphatic rings. The maximum absolute atomic E-state index is 12.9. The third-order valence-electron chi connectivity index (χ3n) is 5.28. The number of carboxylic acid groups (broad SMARTS) is 2. The number of aromatic hydroxyl groups is 1. The number of amides is 4. The molecule has 0 saturated carbocycles. The van der Waals surface area contributed by atoms with Crippen molar-refractivity contribution in [2.24, 2.45) is 11.5 Å². The summed E-state index contributed by atoms with van der Waals surface area (Å²) in [6.07, 6.45) is 0.417. The molecular weight excluding hydrogens is 522 g/mol. The van der Waals surface area contributed by atoms with Crippen LogP contribution in [0.25, 0.3) is 0 Å². The highest BCUT2D eigenvalue weighted by atomic mass is 32.2. The van der Waals surface area contributed by atoms with Crippen LogP contribution in [0.2, 0.25) is 0 Å². The first-order valence-corrected chi connectivity index (χ1v) is 12.9. The molecule has 0 aliphatic heterocycles. The summed E-state index contributed by atoms with van der Waals surface area (Å²) in [6.45, 7) is 0. The van der Waals surface area contributed by atoms with Crippen LogP contribution in [0.3, 0.4) is 0 Å². The molecule has 1 rings (SSSR count). The molecule has 0 radical (unpaired) electrons. The van der Waals surface area contributed by atoms with Crippen LogP contribution in [0.15, 0.2) is 24.3 Å². The molecule has 14 nitrogen and oxygen atoms in total. The number of carboxylic acids is 2. The summed E-state index contributed by atoms with van der Waals surface area (Å²) in [5, 5.41) is 35.0. The number of benzene rings is 1. The molecule has 0 bridgehead atoms. The molecule has 4 unspecified atom stereocenters. The highest BCUT2D eigenvalue weighted by Crippen LogP contribution is 2.12. The fourth-order valence-corrected chi connectivity index (χ4v) is 3.70. The predicted octanol–water partition coefficient (Wildman–Crippen LogP) is -1.71. The van der Waals surface area contributed by atoms with Gasteiger partial charge in [-0.2, -0.15) is 11.8 Å². The zero-order chi connectivity index (χ0) is 28.8. The van der Waals surface area contributed by atoms with E-state index in [-0.39, 0.29) is 31.4 Å². The number of primary amides is 1. The lowest BCUT2D eigenvalue weighted by Gasteiger charge is -2.24. The number of thioether (sulfide) groups is 1. The van der Waals surface area contributed by atoms with E-state index in [9.17, 15) is 44.1 Å². The second-order valence-electron chi connectivity index (χ2n) is 8.38. The standard InChI is InChI=1S/C23H33N5O9S/c1-38-9-8-14(24)20(33)27-16(11-19(31)32)22(35)26-15(6-7-18(25)30)21(34)28-17(23(36)37)10-12-2-4-13(29)5-3-12/h2-5,14-17,29H,6-11,24H2,1H3,(H2,25,30)(H,26,35)(H,27,33)(H,28,34)(H,31,32)(H,36,37). The van der Waals surface area contributed by atoms with Crippen molar-refractivity contribution >= 4 is 47.3 Å². The molecule has 0 aliphatic carbocycles. The molecule has 1 aromatic carbocycles. The molecule has 4 amide bonds. The topological polar surface area (TPSA) is 251 Å². The van der Waals surface area contributed by atoms with E-state index in [0.29, 0.717) is 11.3 Å². The Bertz CT molecular complexity index is 1010. The number of phenols is 1. The number of nitrogens with two attached hydrogens (primary N) is 2. The first kappa shape index (κ1) is 32.2. The van der Waals surface area contributed by atoms with Crippen LogP contribution in [-0.2, 0) is 35.2 Å². The minimum atomic E-state index is -1.60. The van der Waals surface area contributed by atoms with E-state index in [1.54, 1.807) is 0 Å².